The molecule has 0 aliphatic carbocycles. The van der Waals surface area contributed by atoms with Gasteiger partial charge in [0.2, 0.25) is 0 Å². The Labute approximate surface area is 159 Å². The van der Waals surface area contributed by atoms with Crippen molar-refractivity contribution in [1.82, 2.24) is 0 Å². The molecule has 1 aromatic carbocycles. The van der Waals surface area contributed by atoms with Gasteiger partial charge in [-0.1, -0.05) is 12.1 Å². The first-order valence-electron chi connectivity index (χ1n) is 9.34. The normalized spacial score (nSPS) is 36.7. The SMILES string of the molecule is COc1ccc(CO[C@@H]2[C@@H]3OC(C)(C)O[C@H]3O[C@H]2[C@H]2COC(C)(C)O2)cc1. The number of methoxy groups -OCH3 is 1. The predicted octanol–water partition coefficient (Wildman–Crippen LogP) is 2.61. The monoisotopic (exact) mass is 380 g/mol. The summed E-state index contributed by atoms with van der Waals surface area (Å²) in [5.41, 5.74) is 1.04. The lowest BCUT2D eigenvalue weighted by atomic mass is 10.1. The molecule has 3 aliphatic heterocycles. The lowest BCUT2D eigenvalue weighted by Gasteiger charge is -2.29. The van der Waals surface area contributed by atoms with Crippen molar-refractivity contribution < 1.29 is 33.2 Å². The van der Waals surface area contributed by atoms with Crippen molar-refractivity contribution in [3.05, 3.63) is 29.8 Å². The summed E-state index contributed by atoms with van der Waals surface area (Å²) in [6.07, 6.45) is -1.66. The molecule has 3 aliphatic rings. The number of hydrogen-bond donors (Lipinski definition) is 0. The van der Waals surface area contributed by atoms with Gasteiger partial charge in [0.05, 0.1) is 20.3 Å². The second-order valence-electron chi connectivity index (χ2n) is 8.06. The highest BCUT2D eigenvalue weighted by Gasteiger charge is 2.58. The minimum atomic E-state index is -0.700. The first-order chi connectivity index (χ1) is 12.8. The molecule has 0 N–H and O–H groups in total. The molecule has 150 valence electrons. The standard InChI is InChI=1S/C20H28O7/c1-19(2)23-11-14(25-19)15-16(17-18(24-15)27-20(3,4)26-17)22-10-12-6-8-13(21-5)9-7-12/h6-9,14-18H,10-11H2,1-5H3/t14-,15+,16+,17+,18-/m1/s1. The zero-order valence-corrected chi connectivity index (χ0v) is 16.5. The van der Waals surface area contributed by atoms with E-state index in [0.717, 1.165) is 11.3 Å². The van der Waals surface area contributed by atoms with E-state index in [9.17, 15) is 0 Å². The lowest BCUT2D eigenvalue weighted by Crippen LogP contribution is -2.44. The topological polar surface area (TPSA) is 64.6 Å². The summed E-state index contributed by atoms with van der Waals surface area (Å²) in [6, 6.07) is 7.79. The van der Waals surface area contributed by atoms with Crippen LogP contribution in [0.2, 0.25) is 0 Å². The fourth-order valence-electron chi connectivity index (χ4n) is 3.78. The molecule has 0 aromatic heterocycles. The number of ether oxygens (including phenoxy) is 7. The van der Waals surface area contributed by atoms with Crippen LogP contribution in [-0.4, -0.2) is 56.0 Å². The van der Waals surface area contributed by atoms with Gasteiger partial charge in [0.25, 0.3) is 0 Å². The van der Waals surface area contributed by atoms with Crippen LogP contribution in [0, 0.1) is 0 Å². The van der Waals surface area contributed by atoms with Gasteiger partial charge in [-0.2, -0.15) is 0 Å². The smallest absolute Gasteiger partial charge is 0.190 e. The van der Waals surface area contributed by atoms with E-state index in [0.29, 0.717) is 13.2 Å². The Morgan fingerprint density at radius 2 is 1.70 bits per heavy atom. The minimum Gasteiger partial charge on any atom is -0.497 e. The molecule has 27 heavy (non-hydrogen) atoms. The van der Waals surface area contributed by atoms with Crippen molar-refractivity contribution in [3.8, 4) is 5.75 Å². The highest BCUT2D eigenvalue weighted by atomic mass is 16.8. The van der Waals surface area contributed by atoms with Gasteiger partial charge in [-0.25, -0.2) is 0 Å². The summed E-state index contributed by atoms with van der Waals surface area (Å²) in [7, 11) is 1.65. The average Bonchev–Trinajstić information content (AvgIpc) is 3.22. The van der Waals surface area contributed by atoms with Crippen molar-refractivity contribution in [1.29, 1.82) is 0 Å². The van der Waals surface area contributed by atoms with Crippen molar-refractivity contribution in [2.24, 2.45) is 0 Å². The molecule has 3 fully saturated rings. The quantitative estimate of drug-likeness (QED) is 0.778. The average molecular weight is 380 g/mol. The Morgan fingerprint density at radius 3 is 2.33 bits per heavy atom. The first kappa shape index (κ1) is 19.1. The van der Waals surface area contributed by atoms with Gasteiger partial charge in [-0.15, -0.1) is 0 Å². The van der Waals surface area contributed by atoms with Crippen LogP contribution in [0.4, 0.5) is 0 Å². The minimum absolute atomic E-state index is 0.234. The molecule has 0 unspecified atom stereocenters. The third-order valence-electron chi connectivity index (χ3n) is 5.03. The van der Waals surface area contributed by atoms with Gasteiger partial charge in [0.15, 0.2) is 17.9 Å². The Balaban J connectivity index is 1.48. The summed E-state index contributed by atoms with van der Waals surface area (Å²) in [5.74, 6) is -0.518. The Kier molecular flexibility index (Phi) is 4.95. The van der Waals surface area contributed by atoms with Crippen LogP contribution in [0.25, 0.3) is 0 Å². The molecule has 7 heteroatoms. The van der Waals surface area contributed by atoms with Crippen LogP contribution in [0.3, 0.4) is 0 Å². The maximum Gasteiger partial charge on any atom is 0.190 e. The summed E-state index contributed by atoms with van der Waals surface area (Å²) >= 11 is 0. The third kappa shape index (κ3) is 3.99. The van der Waals surface area contributed by atoms with Gasteiger partial charge in [-0.3, -0.25) is 0 Å². The third-order valence-corrected chi connectivity index (χ3v) is 5.03. The molecule has 5 atom stereocenters. The van der Waals surface area contributed by atoms with E-state index in [2.05, 4.69) is 0 Å². The van der Waals surface area contributed by atoms with Crippen molar-refractivity contribution in [2.75, 3.05) is 13.7 Å². The summed E-state index contributed by atoms with van der Waals surface area (Å²) in [6.45, 7) is 8.42. The summed E-state index contributed by atoms with van der Waals surface area (Å²) in [5, 5.41) is 0. The first-order valence-corrected chi connectivity index (χ1v) is 9.34. The molecule has 0 bridgehead atoms. The predicted molar refractivity (Wildman–Crippen MR) is 95.2 cm³/mol. The fraction of sp³-hybridized carbons (Fsp3) is 0.700. The van der Waals surface area contributed by atoms with Gasteiger partial charge < -0.3 is 33.2 Å². The molecule has 0 radical (unpaired) electrons. The van der Waals surface area contributed by atoms with E-state index in [4.69, 9.17) is 33.2 Å². The van der Waals surface area contributed by atoms with Crippen LogP contribution in [0.1, 0.15) is 33.3 Å². The van der Waals surface area contributed by atoms with Crippen molar-refractivity contribution in [3.63, 3.8) is 0 Å². The van der Waals surface area contributed by atoms with E-state index in [1.54, 1.807) is 7.11 Å². The van der Waals surface area contributed by atoms with E-state index >= 15 is 0 Å². The lowest BCUT2D eigenvalue weighted by molar-refractivity contribution is -0.236. The molecule has 1 aromatic rings. The molecular weight excluding hydrogens is 352 g/mol. The van der Waals surface area contributed by atoms with Gasteiger partial charge in [0, 0.05) is 0 Å². The molecule has 3 heterocycles. The number of benzene rings is 1. The van der Waals surface area contributed by atoms with Crippen molar-refractivity contribution in [2.45, 2.75) is 76.6 Å². The zero-order chi connectivity index (χ0) is 19.2. The van der Waals surface area contributed by atoms with Crippen LogP contribution < -0.4 is 4.74 Å². The highest BCUT2D eigenvalue weighted by Crippen LogP contribution is 2.42. The molecular formula is C20H28O7. The van der Waals surface area contributed by atoms with E-state index < -0.39 is 17.9 Å². The van der Waals surface area contributed by atoms with Crippen LogP contribution in [-0.2, 0) is 35.0 Å². The van der Waals surface area contributed by atoms with Crippen molar-refractivity contribution >= 4 is 0 Å². The van der Waals surface area contributed by atoms with E-state index in [1.807, 2.05) is 52.0 Å². The molecule has 0 spiro atoms. The fourth-order valence-corrected chi connectivity index (χ4v) is 3.78. The summed E-state index contributed by atoms with van der Waals surface area (Å²) in [4.78, 5) is 0. The van der Waals surface area contributed by atoms with Crippen LogP contribution >= 0.6 is 0 Å². The van der Waals surface area contributed by atoms with Crippen LogP contribution in [0.15, 0.2) is 24.3 Å². The Hall–Kier alpha value is -1.22. The van der Waals surface area contributed by atoms with Gasteiger partial charge >= 0.3 is 0 Å². The van der Waals surface area contributed by atoms with Gasteiger partial charge in [0.1, 0.15) is 30.2 Å². The highest BCUT2D eigenvalue weighted by molar-refractivity contribution is 5.26. The molecule has 4 rings (SSSR count). The second-order valence-corrected chi connectivity index (χ2v) is 8.06. The van der Waals surface area contributed by atoms with Crippen LogP contribution in [0.5, 0.6) is 5.75 Å². The molecule has 0 amide bonds. The number of rotatable bonds is 5. The number of fused-ring (bicyclic) bond motifs is 1. The number of hydrogen-bond acceptors (Lipinski definition) is 7. The van der Waals surface area contributed by atoms with Gasteiger partial charge in [-0.05, 0) is 45.4 Å². The second kappa shape index (κ2) is 6.99. The molecule has 7 nitrogen and oxygen atoms in total. The van der Waals surface area contributed by atoms with E-state index in [1.165, 1.54) is 0 Å². The molecule has 3 saturated heterocycles. The molecule has 0 saturated carbocycles. The Morgan fingerprint density at radius 1 is 0.963 bits per heavy atom. The maximum absolute atomic E-state index is 6.26. The maximum atomic E-state index is 6.26. The zero-order valence-electron chi connectivity index (χ0n) is 16.5. The Bertz CT molecular complexity index is 657. The van der Waals surface area contributed by atoms with E-state index in [-0.39, 0.29) is 24.4 Å². The summed E-state index contributed by atoms with van der Waals surface area (Å²) < 4.78 is 41.3. The largest absolute Gasteiger partial charge is 0.497 e.